The lowest BCUT2D eigenvalue weighted by atomic mass is 10.0. The van der Waals surface area contributed by atoms with E-state index in [0.29, 0.717) is 6.42 Å². The van der Waals surface area contributed by atoms with E-state index in [1.165, 1.54) is 0 Å². The Morgan fingerprint density at radius 2 is 2.06 bits per heavy atom. The molecule has 3 nitrogen and oxygen atoms in total. The van der Waals surface area contributed by atoms with Gasteiger partial charge in [0.05, 0.1) is 5.92 Å². The molecule has 0 saturated heterocycles. The molecule has 0 aliphatic rings. The number of aromatic hydroxyl groups is 1. The van der Waals surface area contributed by atoms with Crippen molar-refractivity contribution < 1.29 is 14.6 Å². The molecule has 1 aromatic rings. The van der Waals surface area contributed by atoms with Crippen molar-refractivity contribution in [3.05, 3.63) is 27.3 Å². The summed E-state index contributed by atoms with van der Waals surface area (Å²) >= 11 is 2.20. The second-order valence-electron chi connectivity index (χ2n) is 5.41. The Bertz CT molecular complexity index is 435. The molecule has 0 saturated carbocycles. The number of phenols is 1. The molecule has 1 rings (SSSR count). The standard InChI is InChI=1S/C14H19IO3/c1-9(13(17)18-14(2,3)4)7-10-8-11(16)5-6-12(10)15/h5-6,8-9,16H,7H2,1-4H3. The van der Waals surface area contributed by atoms with Gasteiger partial charge in [0.2, 0.25) is 0 Å². The van der Waals surface area contributed by atoms with Gasteiger partial charge in [0.25, 0.3) is 0 Å². The van der Waals surface area contributed by atoms with Crippen LogP contribution in [0, 0.1) is 9.49 Å². The van der Waals surface area contributed by atoms with E-state index < -0.39 is 5.60 Å². The molecule has 1 atom stereocenters. The van der Waals surface area contributed by atoms with E-state index in [1.807, 2.05) is 33.8 Å². The van der Waals surface area contributed by atoms with E-state index in [9.17, 15) is 9.90 Å². The summed E-state index contributed by atoms with van der Waals surface area (Å²) in [5.74, 6) is -0.206. The second kappa shape index (κ2) is 5.91. The summed E-state index contributed by atoms with van der Waals surface area (Å²) in [4.78, 5) is 11.9. The fourth-order valence-corrected chi connectivity index (χ4v) is 2.09. The highest BCUT2D eigenvalue weighted by atomic mass is 127. The Labute approximate surface area is 122 Å². The van der Waals surface area contributed by atoms with E-state index in [-0.39, 0.29) is 17.6 Å². The van der Waals surface area contributed by atoms with Crippen LogP contribution < -0.4 is 0 Å². The molecule has 0 spiro atoms. The van der Waals surface area contributed by atoms with Gasteiger partial charge in [-0.3, -0.25) is 4.79 Å². The molecular weight excluding hydrogens is 343 g/mol. The molecule has 100 valence electrons. The summed E-state index contributed by atoms with van der Waals surface area (Å²) in [7, 11) is 0. The number of hydrogen-bond acceptors (Lipinski definition) is 3. The molecule has 4 heteroatoms. The molecule has 1 N–H and O–H groups in total. The minimum atomic E-state index is -0.461. The Hall–Kier alpha value is -0.780. The van der Waals surface area contributed by atoms with Gasteiger partial charge in [0, 0.05) is 3.57 Å². The molecule has 0 radical (unpaired) electrons. The molecule has 1 aromatic carbocycles. The van der Waals surface area contributed by atoms with Crippen LogP contribution in [0.2, 0.25) is 0 Å². The fourth-order valence-electron chi connectivity index (χ4n) is 1.53. The van der Waals surface area contributed by atoms with Gasteiger partial charge in [-0.05, 0) is 73.5 Å². The number of phenolic OH excluding ortho intramolecular Hbond substituents is 1. The van der Waals surface area contributed by atoms with Crippen molar-refractivity contribution in [2.45, 2.75) is 39.7 Å². The van der Waals surface area contributed by atoms with E-state index in [2.05, 4.69) is 22.6 Å². The first kappa shape index (κ1) is 15.3. The van der Waals surface area contributed by atoms with Gasteiger partial charge in [-0.25, -0.2) is 0 Å². The summed E-state index contributed by atoms with van der Waals surface area (Å²) in [6.07, 6.45) is 0.571. The van der Waals surface area contributed by atoms with Crippen molar-refractivity contribution in [3.8, 4) is 5.75 Å². The molecule has 1 unspecified atom stereocenters. The van der Waals surface area contributed by atoms with Gasteiger partial charge in [-0.1, -0.05) is 6.92 Å². The van der Waals surface area contributed by atoms with Gasteiger partial charge >= 0.3 is 5.97 Å². The van der Waals surface area contributed by atoms with Gasteiger partial charge < -0.3 is 9.84 Å². The molecule has 0 bridgehead atoms. The zero-order valence-corrected chi connectivity index (χ0v) is 13.3. The van der Waals surface area contributed by atoms with Crippen LogP contribution in [0.25, 0.3) is 0 Å². The van der Waals surface area contributed by atoms with Crippen LogP contribution in [-0.4, -0.2) is 16.7 Å². The predicted molar refractivity (Wildman–Crippen MR) is 79.5 cm³/mol. The number of ether oxygens (including phenoxy) is 1. The zero-order valence-electron chi connectivity index (χ0n) is 11.2. The summed E-state index contributed by atoms with van der Waals surface area (Å²) in [5, 5.41) is 9.46. The molecular formula is C14H19IO3. The lowest BCUT2D eigenvalue weighted by molar-refractivity contribution is -0.159. The summed E-state index contributed by atoms with van der Waals surface area (Å²) < 4.78 is 6.38. The SMILES string of the molecule is CC(Cc1cc(O)ccc1I)C(=O)OC(C)(C)C. The normalized spacial score (nSPS) is 13.2. The third-order valence-electron chi connectivity index (χ3n) is 2.36. The average molecular weight is 362 g/mol. The summed E-state index contributed by atoms with van der Waals surface area (Å²) in [6.45, 7) is 7.41. The monoisotopic (exact) mass is 362 g/mol. The number of carbonyl (C=O) groups is 1. The Morgan fingerprint density at radius 3 is 2.61 bits per heavy atom. The topological polar surface area (TPSA) is 46.5 Å². The first-order valence-electron chi connectivity index (χ1n) is 5.89. The second-order valence-corrected chi connectivity index (χ2v) is 6.58. The summed E-state index contributed by atoms with van der Waals surface area (Å²) in [5.41, 5.74) is 0.506. The van der Waals surface area contributed by atoms with Gasteiger partial charge in [0.15, 0.2) is 0 Å². The fraction of sp³-hybridized carbons (Fsp3) is 0.500. The average Bonchev–Trinajstić information content (AvgIpc) is 2.21. The number of carbonyl (C=O) groups excluding carboxylic acids is 1. The largest absolute Gasteiger partial charge is 0.508 e. The van der Waals surface area contributed by atoms with Crippen LogP contribution in [0.15, 0.2) is 18.2 Å². The Balaban J connectivity index is 2.72. The van der Waals surface area contributed by atoms with Crippen molar-refractivity contribution in [3.63, 3.8) is 0 Å². The lowest BCUT2D eigenvalue weighted by Gasteiger charge is -2.22. The van der Waals surface area contributed by atoms with Crippen LogP contribution in [0.5, 0.6) is 5.75 Å². The molecule has 0 aliphatic carbocycles. The zero-order chi connectivity index (χ0) is 13.9. The number of benzene rings is 1. The highest BCUT2D eigenvalue weighted by Crippen LogP contribution is 2.22. The first-order chi connectivity index (χ1) is 8.19. The predicted octanol–water partition coefficient (Wildman–Crippen LogP) is 3.52. The van der Waals surface area contributed by atoms with E-state index in [4.69, 9.17) is 4.74 Å². The molecule has 0 fully saturated rings. The molecule has 0 aliphatic heterocycles. The minimum Gasteiger partial charge on any atom is -0.508 e. The highest BCUT2D eigenvalue weighted by molar-refractivity contribution is 14.1. The van der Waals surface area contributed by atoms with Crippen molar-refractivity contribution in [2.75, 3.05) is 0 Å². The maximum Gasteiger partial charge on any atom is 0.309 e. The molecule has 18 heavy (non-hydrogen) atoms. The number of esters is 1. The molecule has 0 aromatic heterocycles. The molecule has 0 amide bonds. The number of rotatable bonds is 3. The Morgan fingerprint density at radius 1 is 1.44 bits per heavy atom. The Kier molecular flexibility index (Phi) is 5.01. The summed E-state index contributed by atoms with van der Waals surface area (Å²) in [6, 6.07) is 5.18. The van der Waals surface area contributed by atoms with Crippen LogP contribution in [0.3, 0.4) is 0 Å². The van der Waals surface area contributed by atoms with E-state index in [1.54, 1.807) is 12.1 Å². The molecule has 0 heterocycles. The van der Waals surface area contributed by atoms with Crippen LogP contribution >= 0.6 is 22.6 Å². The van der Waals surface area contributed by atoms with Crippen molar-refractivity contribution in [2.24, 2.45) is 5.92 Å². The minimum absolute atomic E-state index is 0.207. The maximum absolute atomic E-state index is 11.9. The third-order valence-corrected chi connectivity index (χ3v) is 3.42. The van der Waals surface area contributed by atoms with Crippen LogP contribution in [0.1, 0.15) is 33.3 Å². The van der Waals surface area contributed by atoms with Crippen LogP contribution in [-0.2, 0) is 16.0 Å². The lowest BCUT2D eigenvalue weighted by Crippen LogP contribution is -2.28. The van der Waals surface area contributed by atoms with Gasteiger partial charge in [0.1, 0.15) is 11.4 Å². The number of halogens is 1. The van der Waals surface area contributed by atoms with Crippen molar-refractivity contribution in [1.29, 1.82) is 0 Å². The van der Waals surface area contributed by atoms with Crippen molar-refractivity contribution >= 4 is 28.6 Å². The third kappa shape index (κ3) is 4.84. The first-order valence-corrected chi connectivity index (χ1v) is 6.97. The van der Waals surface area contributed by atoms with Crippen molar-refractivity contribution in [1.82, 2.24) is 0 Å². The maximum atomic E-state index is 11.9. The quantitative estimate of drug-likeness (QED) is 0.661. The van der Waals surface area contributed by atoms with Gasteiger partial charge in [-0.2, -0.15) is 0 Å². The van der Waals surface area contributed by atoms with Gasteiger partial charge in [-0.15, -0.1) is 0 Å². The van der Waals surface area contributed by atoms with E-state index >= 15 is 0 Å². The highest BCUT2D eigenvalue weighted by Gasteiger charge is 2.22. The van der Waals surface area contributed by atoms with Crippen LogP contribution in [0.4, 0.5) is 0 Å². The van der Waals surface area contributed by atoms with E-state index in [0.717, 1.165) is 9.13 Å². The smallest absolute Gasteiger partial charge is 0.309 e. The number of hydrogen-bond donors (Lipinski definition) is 1.